The Kier molecular flexibility index (Phi) is 5.42. The zero-order chi connectivity index (χ0) is 19.4. The minimum atomic E-state index is -0.616. The molecule has 8 heteroatoms. The van der Waals surface area contributed by atoms with E-state index in [2.05, 4.69) is 5.32 Å². The van der Waals surface area contributed by atoms with Crippen molar-refractivity contribution >= 4 is 35.5 Å². The number of carbonyl (C=O) groups excluding carboxylic acids is 3. The Morgan fingerprint density at radius 3 is 2.59 bits per heavy atom. The van der Waals surface area contributed by atoms with E-state index in [-0.39, 0.29) is 23.9 Å². The molecule has 27 heavy (non-hydrogen) atoms. The van der Waals surface area contributed by atoms with Crippen LogP contribution in [0.4, 0.5) is 4.79 Å². The molecule has 0 aliphatic carbocycles. The van der Waals surface area contributed by atoms with Crippen molar-refractivity contribution in [2.45, 2.75) is 6.54 Å². The Hall–Kier alpha value is -3.32. The molecule has 0 aromatic heterocycles. The second kappa shape index (κ2) is 7.92. The number of nitrogens with one attached hydrogen (secondary N) is 1. The number of primary amides is 1. The summed E-state index contributed by atoms with van der Waals surface area (Å²) in [5.74, 6) is -0.742. The van der Waals surface area contributed by atoms with Gasteiger partial charge in [-0.3, -0.25) is 14.5 Å². The van der Waals surface area contributed by atoms with Gasteiger partial charge in [0, 0.05) is 0 Å². The molecule has 138 valence electrons. The highest BCUT2D eigenvalue weighted by Gasteiger charge is 2.33. The van der Waals surface area contributed by atoms with Crippen molar-refractivity contribution in [2.75, 3.05) is 6.61 Å². The highest BCUT2D eigenvalue weighted by Crippen LogP contribution is 2.27. The van der Waals surface area contributed by atoms with Gasteiger partial charge in [-0.15, -0.1) is 0 Å². The van der Waals surface area contributed by atoms with E-state index in [1.165, 1.54) is 6.08 Å². The largest absolute Gasteiger partial charge is 0.482 e. The van der Waals surface area contributed by atoms with Crippen LogP contribution in [0, 0.1) is 0 Å². The lowest BCUT2D eigenvalue weighted by Crippen LogP contribution is -2.30. The number of ether oxygens (including phenoxy) is 1. The van der Waals surface area contributed by atoms with Gasteiger partial charge >= 0.3 is 6.03 Å². The first-order valence-electron chi connectivity index (χ1n) is 8.03. The first kappa shape index (κ1) is 18.5. The van der Waals surface area contributed by atoms with Gasteiger partial charge in [-0.05, 0) is 29.3 Å². The van der Waals surface area contributed by atoms with Crippen molar-refractivity contribution < 1.29 is 19.1 Å². The van der Waals surface area contributed by atoms with E-state index in [1.807, 2.05) is 30.3 Å². The standard InChI is InChI=1S/C19H16ClN3O4/c20-14-8-13(6-7-16(14)27-11-17(21)24)9-15-18(25)23(19(26)22-15)10-12-4-2-1-3-5-12/h1-9H,10-11H2,(H2,21,24)(H,22,26). The first-order valence-corrected chi connectivity index (χ1v) is 8.41. The maximum atomic E-state index is 12.5. The molecule has 2 aromatic carbocycles. The lowest BCUT2D eigenvalue weighted by molar-refractivity contribution is -0.123. The topological polar surface area (TPSA) is 102 Å². The molecule has 0 atom stereocenters. The SMILES string of the molecule is NC(=O)COc1ccc(C=C2NC(=O)N(Cc3ccccc3)C2=O)cc1Cl. The summed E-state index contributed by atoms with van der Waals surface area (Å²) in [5.41, 5.74) is 6.62. The van der Waals surface area contributed by atoms with Crippen LogP contribution in [-0.2, 0) is 16.1 Å². The molecule has 1 fully saturated rings. The number of rotatable bonds is 6. The number of nitrogens with two attached hydrogens (primary N) is 1. The summed E-state index contributed by atoms with van der Waals surface area (Å²) in [5, 5.41) is 2.81. The van der Waals surface area contributed by atoms with Gasteiger partial charge in [0.1, 0.15) is 11.4 Å². The number of nitrogens with zero attached hydrogens (tertiary/aromatic N) is 1. The monoisotopic (exact) mass is 385 g/mol. The summed E-state index contributed by atoms with van der Waals surface area (Å²) < 4.78 is 5.17. The van der Waals surface area contributed by atoms with Crippen molar-refractivity contribution in [3.63, 3.8) is 0 Å². The van der Waals surface area contributed by atoms with Gasteiger partial charge in [-0.25, -0.2) is 4.79 Å². The first-order chi connectivity index (χ1) is 12.9. The van der Waals surface area contributed by atoms with Gasteiger partial charge in [0.05, 0.1) is 11.6 Å². The summed E-state index contributed by atoms with van der Waals surface area (Å²) >= 11 is 6.11. The molecule has 0 saturated carbocycles. The van der Waals surface area contributed by atoms with E-state index in [9.17, 15) is 14.4 Å². The third-order valence-corrected chi connectivity index (χ3v) is 4.08. The predicted molar refractivity (Wildman–Crippen MR) is 99.6 cm³/mol. The molecule has 3 N–H and O–H groups in total. The van der Waals surface area contributed by atoms with Crippen LogP contribution in [0.25, 0.3) is 6.08 Å². The second-order valence-corrected chi connectivity index (χ2v) is 6.22. The number of benzene rings is 2. The van der Waals surface area contributed by atoms with E-state index >= 15 is 0 Å². The number of urea groups is 1. The number of carbonyl (C=O) groups is 3. The molecule has 2 aromatic rings. The molecular formula is C19H16ClN3O4. The van der Waals surface area contributed by atoms with Gasteiger partial charge in [0.2, 0.25) is 0 Å². The maximum Gasteiger partial charge on any atom is 0.329 e. The van der Waals surface area contributed by atoms with Gasteiger partial charge in [-0.1, -0.05) is 48.0 Å². The van der Waals surface area contributed by atoms with Crippen molar-refractivity contribution in [3.05, 3.63) is 70.4 Å². The zero-order valence-electron chi connectivity index (χ0n) is 14.1. The normalized spacial score (nSPS) is 15.1. The van der Waals surface area contributed by atoms with Crippen LogP contribution in [0.2, 0.25) is 5.02 Å². The lowest BCUT2D eigenvalue weighted by atomic mass is 10.1. The number of amides is 4. The minimum absolute atomic E-state index is 0.151. The van der Waals surface area contributed by atoms with Crippen LogP contribution in [0.1, 0.15) is 11.1 Å². The van der Waals surface area contributed by atoms with Gasteiger partial charge in [0.15, 0.2) is 6.61 Å². The molecule has 4 amide bonds. The summed E-state index contributed by atoms with van der Waals surface area (Å²) in [4.78, 5) is 36.5. The Labute approximate surface area is 160 Å². The summed E-state index contributed by atoms with van der Waals surface area (Å²) in [6.45, 7) is -0.105. The van der Waals surface area contributed by atoms with Crippen molar-refractivity contribution in [2.24, 2.45) is 5.73 Å². The number of halogens is 1. The third kappa shape index (κ3) is 4.45. The Bertz CT molecular complexity index is 928. The summed E-state index contributed by atoms with van der Waals surface area (Å²) in [6.07, 6.45) is 1.52. The van der Waals surface area contributed by atoms with E-state index in [0.29, 0.717) is 11.3 Å². The molecule has 0 bridgehead atoms. The molecule has 0 radical (unpaired) electrons. The third-order valence-electron chi connectivity index (χ3n) is 3.78. The molecule has 3 rings (SSSR count). The van der Waals surface area contributed by atoms with E-state index in [4.69, 9.17) is 22.1 Å². The fourth-order valence-electron chi connectivity index (χ4n) is 2.52. The average Bonchev–Trinajstić information content (AvgIpc) is 2.89. The fourth-order valence-corrected chi connectivity index (χ4v) is 2.76. The van der Waals surface area contributed by atoms with Crippen LogP contribution >= 0.6 is 11.6 Å². The van der Waals surface area contributed by atoms with E-state index in [1.54, 1.807) is 18.2 Å². The maximum absolute atomic E-state index is 12.5. The van der Waals surface area contributed by atoms with Crippen LogP contribution in [0.15, 0.2) is 54.2 Å². The lowest BCUT2D eigenvalue weighted by Gasteiger charge is -2.11. The van der Waals surface area contributed by atoms with E-state index < -0.39 is 17.8 Å². The molecule has 0 unspecified atom stereocenters. The van der Waals surface area contributed by atoms with Gasteiger partial charge < -0.3 is 15.8 Å². The smallest absolute Gasteiger partial charge is 0.329 e. The van der Waals surface area contributed by atoms with Crippen molar-refractivity contribution in [1.82, 2.24) is 10.2 Å². The van der Waals surface area contributed by atoms with Crippen molar-refractivity contribution in [3.8, 4) is 5.75 Å². The minimum Gasteiger partial charge on any atom is -0.482 e. The Morgan fingerprint density at radius 1 is 1.19 bits per heavy atom. The zero-order valence-corrected chi connectivity index (χ0v) is 14.9. The van der Waals surface area contributed by atoms with Crippen LogP contribution in [0.3, 0.4) is 0 Å². The molecule has 1 saturated heterocycles. The highest BCUT2D eigenvalue weighted by molar-refractivity contribution is 6.32. The number of imide groups is 1. The highest BCUT2D eigenvalue weighted by atomic mass is 35.5. The second-order valence-electron chi connectivity index (χ2n) is 5.81. The van der Waals surface area contributed by atoms with E-state index in [0.717, 1.165) is 10.5 Å². The van der Waals surface area contributed by atoms with Crippen LogP contribution in [0.5, 0.6) is 5.75 Å². The van der Waals surface area contributed by atoms with Crippen molar-refractivity contribution in [1.29, 1.82) is 0 Å². The molecule has 1 heterocycles. The quantitative estimate of drug-likeness (QED) is 0.588. The predicted octanol–water partition coefficient (Wildman–Crippen LogP) is 2.30. The number of hydrogen-bond acceptors (Lipinski definition) is 4. The van der Waals surface area contributed by atoms with Crippen LogP contribution < -0.4 is 15.8 Å². The molecule has 1 aliphatic rings. The summed E-state index contributed by atoms with van der Waals surface area (Å²) in [6, 6.07) is 13.5. The summed E-state index contributed by atoms with van der Waals surface area (Å²) in [7, 11) is 0. The molecular weight excluding hydrogens is 370 g/mol. The fraction of sp³-hybridized carbons (Fsp3) is 0.105. The molecule has 0 spiro atoms. The van der Waals surface area contributed by atoms with Crippen LogP contribution in [-0.4, -0.2) is 29.4 Å². The Morgan fingerprint density at radius 2 is 1.93 bits per heavy atom. The molecule has 1 aliphatic heterocycles. The van der Waals surface area contributed by atoms with Gasteiger partial charge in [0.25, 0.3) is 11.8 Å². The average molecular weight is 386 g/mol. The van der Waals surface area contributed by atoms with Gasteiger partial charge in [-0.2, -0.15) is 0 Å². The molecule has 7 nitrogen and oxygen atoms in total. The Balaban J connectivity index is 1.75. The number of hydrogen-bond donors (Lipinski definition) is 2.